The van der Waals surface area contributed by atoms with Crippen LogP contribution in [0.3, 0.4) is 0 Å². The summed E-state index contributed by atoms with van der Waals surface area (Å²) in [6.07, 6.45) is 2.75. The topological polar surface area (TPSA) is 38.8 Å². The zero-order valence-electron chi connectivity index (χ0n) is 11.9. The number of carbonyl (C=O) groups excluding carboxylic acids is 1. The maximum absolute atomic E-state index is 12.0. The van der Waals surface area contributed by atoms with E-state index in [0.29, 0.717) is 19.6 Å². The van der Waals surface area contributed by atoms with Crippen molar-refractivity contribution in [3.63, 3.8) is 0 Å². The first-order valence-electron chi connectivity index (χ1n) is 6.58. The van der Waals surface area contributed by atoms with Gasteiger partial charge in [0.15, 0.2) is 0 Å². The molecule has 2 rings (SSSR count). The predicted molar refractivity (Wildman–Crippen MR) is 89.6 cm³/mol. The van der Waals surface area contributed by atoms with Gasteiger partial charge >= 0.3 is 0 Å². The first-order chi connectivity index (χ1) is 10.0. The molecule has 1 aliphatic heterocycles. The van der Waals surface area contributed by atoms with Crippen molar-refractivity contribution in [1.29, 1.82) is 0 Å². The lowest BCUT2D eigenvalue weighted by atomic mass is 10.0. The number of amides is 1. The molecular formula is C15H17Br2NO3. The summed E-state index contributed by atoms with van der Waals surface area (Å²) in [5.41, 5.74) is 1.88. The van der Waals surface area contributed by atoms with Gasteiger partial charge in [-0.1, -0.05) is 22.0 Å². The van der Waals surface area contributed by atoms with Gasteiger partial charge in [-0.05, 0) is 40.5 Å². The Balaban J connectivity index is 2.19. The predicted octanol–water partition coefficient (Wildman–Crippen LogP) is 3.44. The Morgan fingerprint density at radius 2 is 2.14 bits per heavy atom. The fourth-order valence-corrected chi connectivity index (χ4v) is 3.16. The lowest BCUT2D eigenvalue weighted by Gasteiger charge is -2.28. The van der Waals surface area contributed by atoms with Crippen LogP contribution in [0.25, 0.3) is 5.70 Å². The molecule has 114 valence electrons. The molecule has 0 radical (unpaired) electrons. The standard InChI is InChI=1S/C15H17Br2NO3/c1-18-14(6-5-12(16)15(18)19)11-4-3-10(9-13(11)17)21-8-7-20-2/h3-4,6,9,12H,5,7-8H2,1-2H3. The Hall–Kier alpha value is -0.850. The molecule has 1 atom stereocenters. The van der Waals surface area contributed by atoms with E-state index in [-0.39, 0.29) is 10.7 Å². The van der Waals surface area contributed by atoms with E-state index in [0.717, 1.165) is 21.5 Å². The third-order valence-corrected chi connectivity index (χ3v) is 4.67. The number of methoxy groups -OCH3 is 1. The molecule has 1 heterocycles. The summed E-state index contributed by atoms with van der Waals surface area (Å²) in [4.78, 5) is 13.6. The van der Waals surface area contributed by atoms with Crippen LogP contribution in [0.5, 0.6) is 5.75 Å². The Labute approximate surface area is 141 Å². The van der Waals surface area contributed by atoms with Crippen LogP contribution >= 0.6 is 31.9 Å². The number of allylic oxidation sites excluding steroid dienone is 1. The summed E-state index contributed by atoms with van der Waals surface area (Å²) >= 11 is 6.93. The molecular weight excluding hydrogens is 402 g/mol. The molecule has 0 aromatic heterocycles. The van der Waals surface area contributed by atoms with Gasteiger partial charge in [-0.15, -0.1) is 0 Å². The molecule has 4 nitrogen and oxygen atoms in total. The van der Waals surface area contributed by atoms with Crippen molar-refractivity contribution in [3.05, 3.63) is 34.3 Å². The average molecular weight is 419 g/mol. The minimum atomic E-state index is -0.137. The Morgan fingerprint density at radius 3 is 2.81 bits per heavy atom. The molecule has 0 N–H and O–H groups in total. The van der Waals surface area contributed by atoms with Gasteiger partial charge in [-0.25, -0.2) is 0 Å². The molecule has 0 aliphatic carbocycles. The highest BCUT2D eigenvalue weighted by Gasteiger charge is 2.27. The quantitative estimate of drug-likeness (QED) is 0.543. The number of rotatable bonds is 5. The number of halogens is 2. The van der Waals surface area contributed by atoms with Crippen molar-refractivity contribution in [2.75, 3.05) is 27.4 Å². The van der Waals surface area contributed by atoms with Crippen LogP contribution in [0.1, 0.15) is 12.0 Å². The van der Waals surface area contributed by atoms with E-state index in [1.165, 1.54) is 0 Å². The molecule has 0 spiro atoms. The van der Waals surface area contributed by atoms with Gasteiger partial charge in [0.1, 0.15) is 12.4 Å². The van der Waals surface area contributed by atoms with Crippen LogP contribution in [0, 0.1) is 0 Å². The second-order valence-electron chi connectivity index (χ2n) is 4.67. The van der Waals surface area contributed by atoms with E-state index in [4.69, 9.17) is 9.47 Å². The van der Waals surface area contributed by atoms with Crippen molar-refractivity contribution >= 4 is 43.5 Å². The van der Waals surface area contributed by atoms with E-state index < -0.39 is 0 Å². The average Bonchev–Trinajstić information content (AvgIpc) is 2.46. The summed E-state index contributed by atoms with van der Waals surface area (Å²) in [5.74, 6) is 0.839. The third-order valence-electron chi connectivity index (χ3n) is 3.25. The van der Waals surface area contributed by atoms with Crippen LogP contribution in [-0.2, 0) is 9.53 Å². The maximum atomic E-state index is 12.0. The zero-order chi connectivity index (χ0) is 15.4. The summed E-state index contributed by atoms with van der Waals surface area (Å²) in [6.45, 7) is 1.06. The van der Waals surface area contributed by atoms with Gasteiger partial charge in [-0.2, -0.15) is 0 Å². The van der Waals surface area contributed by atoms with E-state index in [9.17, 15) is 4.79 Å². The Morgan fingerprint density at radius 1 is 1.38 bits per heavy atom. The Kier molecular flexibility index (Phi) is 5.84. The molecule has 0 bridgehead atoms. The number of alkyl halides is 1. The van der Waals surface area contributed by atoms with Crippen LogP contribution in [0.2, 0.25) is 0 Å². The SMILES string of the molecule is COCCOc1ccc(C2=CCC(Br)C(=O)N2C)c(Br)c1. The number of carbonyl (C=O) groups is 1. The van der Waals surface area contributed by atoms with Gasteiger partial charge < -0.3 is 14.4 Å². The lowest BCUT2D eigenvalue weighted by Crippen LogP contribution is -2.35. The van der Waals surface area contributed by atoms with Gasteiger partial charge in [-0.3, -0.25) is 4.79 Å². The van der Waals surface area contributed by atoms with Crippen LogP contribution in [0.15, 0.2) is 28.7 Å². The van der Waals surface area contributed by atoms with Crippen LogP contribution < -0.4 is 4.74 Å². The van der Waals surface area contributed by atoms with E-state index in [1.807, 2.05) is 18.2 Å². The smallest absolute Gasteiger partial charge is 0.240 e. The fraction of sp³-hybridized carbons (Fsp3) is 0.400. The molecule has 6 heteroatoms. The Bertz CT molecular complexity index is 560. The molecule has 1 unspecified atom stereocenters. The summed E-state index contributed by atoms with van der Waals surface area (Å²) in [7, 11) is 3.43. The minimum absolute atomic E-state index is 0.0693. The molecule has 1 aromatic rings. The van der Waals surface area contributed by atoms with Crippen molar-refractivity contribution < 1.29 is 14.3 Å². The van der Waals surface area contributed by atoms with Gasteiger partial charge in [0.25, 0.3) is 0 Å². The van der Waals surface area contributed by atoms with E-state index >= 15 is 0 Å². The third kappa shape index (κ3) is 3.87. The second kappa shape index (κ2) is 7.42. The summed E-state index contributed by atoms with van der Waals surface area (Å²) in [5, 5.41) is 0. The van der Waals surface area contributed by atoms with Gasteiger partial charge in [0.05, 0.1) is 11.4 Å². The number of nitrogens with zero attached hydrogens (tertiary/aromatic N) is 1. The normalized spacial score (nSPS) is 18.7. The molecule has 21 heavy (non-hydrogen) atoms. The number of hydrogen-bond donors (Lipinski definition) is 0. The molecule has 0 fully saturated rings. The number of hydrogen-bond acceptors (Lipinski definition) is 3. The minimum Gasteiger partial charge on any atom is -0.491 e. The molecule has 1 aliphatic rings. The highest BCUT2D eigenvalue weighted by atomic mass is 79.9. The second-order valence-corrected chi connectivity index (χ2v) is 6.63. The van der Waals surface area contributed by atoms with E-state index in [1.54, 1.807) is 19.1 Å². The van der Waals surface area contributed by atoms with Crippen molar-refractivity contribution in [3.8, 4) is 5.75 Å². The highest BCUT2D eigenvalue weighted by molar-refractivity contribution is 9.10. The fourth-order valence-electron chi connectivity index (χ4n) is 2.11. The largest absolute Gasteiger partial charge is 0.491 e. The van der Waals surface area contributed by atoms with Crippen LogP contribution in [-0.4, -0.2) is 43.0 Å². The maximum Gasteiger partial charge on any atom is 0.240 e. The first kappa shape index (κ1) is 16.5. The molecule has 0 saturated heterocycles. The van der Waals surface area contributed by atoms with Crippen molar-refractivity contribution in [2.24, 2.45) is 0 Å². The highest BCUT2D eigenvalue weighted by Crippen LogP contribution is 2.33. The van der Waals surface area contributed by atoms with Crippen molar-refractivity contribution in [2.45, 2.75) is 11.2 Å². The summed E-state index contributed by atoms with van der Waals surface area (Å²) in [6, 6.07) is 5.76. The lowest BCUT2D eigenvalue weighted by molar-refractivity contribution is -0.126. The van der Waals surface area contributed by atoms with Gasteiger partial charge in [0, 0.05) is 29.9 Å². The molecule has 1 amide bonds. The molecule has 0 saturated carbocycles. The van der Waals surface area contributed by atoms with Gasteiger partial charge in [0.2, 0.25) is 5.91 Å². The molecule has 1 aromatic carbocycles. The first-order valence-corrected chi connectivity index (χ1v) is 8.29. The zero-order valence-corrected chi connectivity index (χ0v) is 15.1. The number of benzene rings is 1. The van der Waals surface area contributed by atoms with Crippen molar-refractivity contribution in [1.82, 2.24) is 4.90 Å². The van der Waals surface area contributed by atoms with E-state index in [2.05, 4.69) is 37.9 Å². The monoisotopic (exact) mass is 417 g/mol. The summed E-state index contributed by atoms with van der Waals surface area (Å²) < 4.78 is 11.4. The van der Waals surface area contributed by atoms with Crippen LogP contribution in [0.4, 0.5) is 0 Å². The number of ether oxygens (including phenoxy) is 2.